The lowest BCUT2D eigenvalue weighted by atomic mass is 9.99. The van der Waals surface area contributed by atoms with E-state index in [0.29, 0.717) is 11.2 Å². The van der Waals surface area contributed by atoms with Crippen LogP contribution in [-0.4, -0.2) is 17.9 Å². The first-order valence-electron chi connectivity index (χ1n) is 4.98. The molecule has 0 aliphatic carbocycles. The second-order valence-electron chi connectivity index (χ2n) is 3.34. The van der Waals surface area contributed by atoms with E-state index in [1.807, 2.05) is 0 Å². The summed E-state index contributed by atoms with van der Waals surface area (Å²) >= 11 is 4.50. The monoisotopic (exact) mass is 176 g/mol. The molecule has 1 rings (SSSR count). The van der Waals surface area contributed by atoms with Gasteiger partial charge in [-0.1, -0.05) is 20.3 Å². The zero-order valence-electron chi connectivity index (χ0n) is 8.29. The van der Waals surface area contributed by atoms with Gasteiger partial charge in [-0.15, -0.1) is 0 Å². The van der Waals surface area contributed by atoms with Crippen LogP contribution in [0.2, 0.25) is 0 Å². The summed E-state index contributed by atoms with van der Waals surface area (Å²) in [6.45, 7) is 4.00. The molecule has 0 aromatic heterocycles. The molecule has 0 aromatic rings. The Morgan fingerprint density at radius 3 is 3.00 bits per heavy atom. The molecule has 11 heavy (non-hydrogen) atoms. The Hall–Kier alpha value is 0.310. The Kier molecular flexibility index (Phi) is 3.15. The van der Waals surface area contributed by atoms with E-state index in [-0.39, 0.29) is 12.7 Å². The average Bonchev–Trinajstić information content (AvgIpc) is 2.30. The quantitative estimate of drug-likeness (QED) is 0.650. The standard InChI is InChI=1S/C9H18OS/c1-3-4-8(11)9-7(2)5-6-10-9/h7-9,11H,3-6H2,1-2H3/t7-,8+,9-/m0/s1/i6T/t6-,7-,8+,9-. The molecule has 0 aromatic carbocycles. The number of hydrogen-bond donors (Lipinski definition) is 1. The van der Waals surface area contributed by atoms with Gasteiger partial charge in [0, 0.05) is 11.8 Å². The molecule has 0 spiro atoms. The van der Waals surface area contributed by atoms with Crippen molar-refractivity contribution in [2.24, 2.45) is 5.92 Å². The molecule has 1 saturated heterocycles. The first kappa shape index (κ1) is 7.93. The van der Waals surface area contributed by atoms with E-state index in [4.69, 9.17) is 6.11 Å². The largest absolute Gasteiger partial charge is 0.377 e. The van der Waals surface area contributed by atoms with Crippen LogP contribution >= 0.6 is 12.6 Å². The van der Waals surface area contributed by atoms with Gasteiger partial charge in [0.2, 0.25) is 0 Å². The minimum absolute atomic E-state index is 0.204. The zero-order valence-corrected chi connectivity index (χ0v) is 8.18. The first-order chi connectivity index (χ1) is 5.65. The predicted molar refractivity (Wildman–Crippen MR) is 51.2 cm³/mol. The van der Waals surface area contributed by atoms with Crippen LogP contribution in [0.1, 0.15) is 34.5 Å². The summed E-state index contributed by atoms with van der Waals surface area (Å²) in [6, 6.07) is 0. The lowest BCUT2D eigenvalue weighted by Gasteiger charge is -2.20. The van der Waals surface area contributed by atoms with E-state index in [1.165, 1.54) is 0 Å². The first-order valence-corrected chi connectivity index (χ1v) is 4.92. The Bertz CT molecular complexity index is 142. The van der Waals surface area contributed by atoms with E-state index >= 15 is 0 Å². The van der Waals surface area contributed by atoms with Gasteiger partial charge in [0.05, 0.1) is 7.47 Å². The van der Waals surface area contributed by atoms with Crippen LogP contribution in [-0.2, 0) is 4.74 Å². The van der Waals surface area contributed by atoms with Crippen LogP contribution in [0.25, 0.3) is 0 Å². The van der Waals surface area contributed by atoms with Crippen molar-refractivity contribution in [2.75, 3.05) is 6.58 Å². The van der Waals surface area contributed by atoms with Crippen molar-refractivity contribution in [3.05, 3.63) is 0 Å². The molecule has 66 valence electrons. The SMILES string of the molecule is [3H][C@H]1C[C@H](C)[C@@H]([C@H](S)CCC)O1. The highest BCUT2D eigenvalue weighted by molar-refractivity contribution is 7.81. The van der Waals surface area contributed by atoms with Gasteiger partial charge in [-0.25, -0.2) is 0 Å². The molecule has 1 nitrogen and oxygen atoms in total. The van der Waals surface area contributed by atoms with Crippen molar-refractivity contribution in [2.45, 2.75) is 44.5 Å². The molecule has 1 fully saturated rings. The number of thiol groups is 1. The fourth-order valence-electron chi connectivity index (χ4n) is 1.52. The molecular weight excluding hydrogens is 156 g/mol. The van der Waals surface area contributed by atoms with Crippen molar-refractivity contribution in [3.63, 3.8) is 0 Å². The lowest BCUT2D eigenvalue weighted by Crippen LogP contribution is -2.25. The van der Waals surface area contributed by atoms with Crippen LogP contribution < -0.4 is 0 Å². The smallest absolute Gasteiger partial charge is 0.0717 e. The van der Waals surface area contributed by atoms with Crippen LogP contribution in [0, 0.1) is 5.92 Å². The highest BCUT2D eigenvalue weighted by atomic mass is 32.1. The van der Waals surface area contributed by atoms with Crippen molar-refractivity contribution in [1.29, 1.82) is 0 Å². The van der Waals surface area contributed by atoms with Crippen LogP contribution in [0.5, 0.6) is 0 Å². The van der Waals surface area contributed by atoms with E-state index in [0.717, 1.165) is 19.3 Å². The maximum Gasteiger partial charge on any atom is 0.0717 e. The van der Waals surface area contributed by atoms with E-state index in [1.54, 1.807) is 0 Å². The molecule has 2 heteroatoms. The van der Waals surface area contributed by atoms with Gasteiger partial charge >= 0.3 is 0 Å². The molecule has 4 atom stereocenters. The summed E-state index contributed by atoms with van der Waals surface area (Å²) in [7, 11) is 0. The third-order valence-electron chi connectivity index (χ3n) is 2.25. The topological polar surface area (TPSA) is 9.23 Å². The van der Waals surface area contributed by atoms with Gasteiger partial charge in [0.1, 0.15) is 0 Å². The third kappa shape index (κ3) is 2.38. The summed E-state index contributed by atoms with van der Waals surface area (Å²) in [5, 5.41) is 0.320. The van der Waals surface area contributed by atoms with Crippen molar-refractivity contribution in [1.82, 2.24) is 0 Å². The summed E-state index contributed by atoms with van der Waals surface area (Å²) < 4.78 is 12.9. The molecular formula is C9H18OS. The number of rotatable bonds is 3. The van der Waals surface area contributed by atoms with E-state index in [2.05, 4.69) is 26.5 Å². The molecule has 0 bridgehead atoms. The summed E-state index contributed by atoms with van der Waals surface area (Å²) in [6.07, 6.45) is 3.30. The van der Waals surface area contributed by atoms with Gasteiger partial charge in [-0.2, -0.15) is 12.6 Å². The van der Waals surface area contributed by atoms with Gasteiger partial charge in [-0.3, -0.25) is 0 Å². The number of ether oxygens (including phenoxy) is 1. The highest BCUT2D eigenvalue weighted by Crippen LogP contribution is 2.27. The molecule has 0 unspecified atom stereocenters. The minimum Gasteiger partial charge on any atom is -0.377 e. The van der Waals surface area contributed by atoms with Crippen LogP contribution in [0.15, 0.2) is 0 Å². The second-order valence-corrected chi connectivity index (χ2v) is 4.00. The number of hydrogen-bond acceptors (Lipinski definition) is 2. The Balaban J connectivity index is 2.40. The molecule has 1 heterocycles. The Morgan fingerprint density at radius 1 is 1.82 bits per heavy atom. The normalized spacial score (nSPS) is 42.1. The van der Waals surface area contributed by atoms with Crippen molar-refractivity contribution >= 4 is 12.6 Å². The lowest BCUT2D eigenvalue weighted by molar-refractivity contribution is 0.0904. The highest BCUT2D eigenvalue weighted by Gasteiger charge is 2.29. The maximum atomic E-state index is 7.46. The fraction of sp³-hybridized carbons (Fsp3) is 1.00. The minimum atomic E-state index is -0.309. The van der Waals surface area contributed by atoms with E-state index < -0.39 is 0 Å². The molecule has 0 saturated carbocycles. The summed E-state index contributed by atoms with van der Waals surface area (Å²) in [4.78, 5) is 0. The van der Waals surface area contributed by atoms with Crippen LogP contribution in [0.3, 0.4) is 0 Å². The van der Waals surface area contributed by atoms with Gasteiger partial charge in [0.15, 0.2) is 0 Å². The zero-order chi connectivity index (χ0) is 9.14. The average molecular weight is 176 g/mol. The fourth-order valence-corrected chi connectivity index (χ4v) is 2.14. The summed E-state index contributed by atoms with van der Waals surface area (Å²) in [5.41, 5.74) is 0. The summed E-state index contributed by atoms with van der Waals surface area (Å²) in [5.74, 6) is 0.501. The molecule has 0 radical (unpaired) electrons. The van der Waals surface area contributed by atoms with Gasteiger partial charge < -0.3 is 4.74 Å². The van der Waals surface area contributed by atoms with E-state index in [9.17, 15) is 0 Å². The van der Waals surface area contributed by atoms with Gasteiger partial charge in [0.25, 0.3) is 0 Å². The van der Waals surface area contributed by atoms with Crippen molar-refractivity contribution in [3.8, 4) is 0 Å². The Labute approximate surface area is 76.3 Å². The predicted octanol–water partition coefficient (Wildman–Crippen LogP) is 2.51. The van der Waals surface area contributed by atoms with Crippen LogP contribution in [0.4, 0.5) is 0 Å². The third-order valence-corrected chi connectivity index (χ3v) is 2.80. The molecule has 1 aliphatic heterocycles. The van der Waals surface area contributed by atoms with Gasteiger partial charge in [-0.05, 0) is 18.8 Å². The molecule has 0 amide bonds. The van der Waals surface area contributed by atoms with Crippen molar-refractivity contribution < 1.29 is 6.11 Å². The maximum absolute atomic E-state index is 7.46. The molecule has 1 aliphatic rings. The second kappa shape index (κ2) is 4.36. The Morgan fingerprint density at radius 2 is 2.55 bits per heavy atom. The molecule has 0 N–H and O–H groups in total.